The minimum Gasteiger partial charge on any atom is -0.394 e. The normalized spacial score (nSPS) is 38.1. The fraction of sp³-hybridized carbons (Fsp3) is 0.917. The van der Waals surface area contributed by atoms with E-state index in [-0.39, 0.29) is 0 Å². The summed E-state index contributed by atoms with van der Waals surface area (Å²) in [6.07, 6.45) is -16.1. The maximum absolute atomic E-state index is 12.0. The number of carbonyl (C=O) groups is 1. The number of Topliss-reactive ketones (excluding diaryl/α,β-unsaturated/α-hetero) is 1. The van der Waals surface area contributed by atoms with E-state index in [4.69, 9.17) is 14.9 Å². The Morgan fingerprint density at radius 2 is 1.55 bits per heavy atom. The summed E-state index contributed by atoms with van der Waals surface area (Å²) >= 11 is 0. The highest BCUT2D eigenvalue weighted by Crippen LogP contribution is 2.23. The second-order valence-corrected chi connectivity index (χ2v) is 5.32. The molecule has 0 amide bonds. The Morgan fingerprint density at radius 1 is 1.00 bits per heavy atom. The van der Waals surface area contributed by atoms with Gasteiger partial charge >= 0.3 is 0 Å². The first-order chi connectivity index (χ1) is 10.1. The average Bonchev–Trinajstić information content (AvgIpc) is 2.50. The predicted molar refractivity (Wildman–Crippen MR) is 68.5 cm³/mol. The van der Waals surface area contributed by atoms with Crippen LogP contribution in [0.5, 0.6) is 0 Å². The van der Waals surface area contributed by atoms with Crippen molar-refractivity contribution in [2.75, 3.05) is 6.61 Å². The number of hydrogen-bond acceptors (Lipinski definition) is 10. The maximum atomic E-state index is 12.0. The summed E-state index contributed by atoms with van der Waals surface area (Å²) in [4.78, 5) is 12.0. The van der Waals surface area contributed by atoms with Crippen LogP contribution in [0.3, 0.4) is 0 Å². The zero-order valence-corrected chi connectivity index (χ0v) is 11.8. The van der Waals surface area contributed by atoms with Gasteiger partial charge in [0.15, 0.2) is 5.78 Å². The van der Waals surface area contributed by atoms with Gasteiger partial charge in [0.05, 0.1) is 12.7 Å². The second kappa shape index (κ2) is 7.73. The summed E-state index contributed by atoms with van der Waals surface area (Å²) in [5, 5.41) is 75.7. The summed E-state index contributed by atoms with van der Waals surface area (Å²) in [7, 11) is 0. The summed E-state index contributed by atoms with van der Waals surface area (Å²) < 4.78 is 4.93. The molecule has 1 rings (SSSR count). The molecule has 10 nitrogen and oxygen atoms in total. The van der Waals surface area contributed by atoms with Crippen LogP contribution in [0.2, 0.25) is 0 Å². The van der Waals surface area contributed by atoms with Crippen LogP contribution in [0.25, 0.3) is 0 Å². The Bertz CT molecular complexity index is 373. The van der Waals surface area contributed by atoms with Crippen molar-refractivity contribution in [1.29, 1.82) is 0 Å². The van der Waals surface area contributed by atoms with Crippen molar-refractivity contribution in [2.24, 2.45) is 0 Å². The lowest BCUT2D eigenvalue weighted by Crippen LogP contribution is -2.63. The molecule has 0 aliphatic carbocycles. The molecule has 0 saturated carbocycles. The molecule has 9 atom stereocenters. The molecule has 0 aromatic rings. The zero-order chi connectivity index (χ0) is 17.2. The molecule has 1 aliphatic rings. The van der Waals surface area contributed by atoms with Gasteiger partial charge in [-0.2, -0.15) is 0 Å². The Morgan fingerprint density at radius 3 is 2.00 bits per heavy atom. The van der Waals surface area contributed by atoms with E-state index in [1.54, 1.807) is 0 Å². The summed E-state index contributed by atoms with van der Waals surface area (Å²) in [6.45, 7) is 0.364. The van der Waals surface area contributed by atoms with Crippen molar-refractivity contribution in [2.45, 2.75) is 61.9 Å². The molecule has 1 heterocycles. The predicted octanol–water partition coefficient (Wildman–Crippen LogP) is -5.14. The Hall–Kier alpha value is -0.690. The largest absolute Gasteiger partial charge is 0.394 e. The lowest BCUT2D eigenvalue weighted by Gasteiger charge is -2.40. The van der Waals surface area contributed by atoms with E-state index in [2.05, 4.69) is 0 Å². The molecule has 0 aromatic heterocycles. The summed E-state index contributed by atoms with van der Waals surface area (Å²) in [5.41, 5.74) is 0. The topological polar surface area (TPSA) is 188 Å². The van der Waals surface area contributed by atoms with Gasteiger partial charge in [0, 0.05) is 0 Å². The van der Waals surface area contributed by atoms with Crippen molar-refractivity contribution < 1.29 is 50.4 Å². The molecule has 0 radical (unpaired) electrons. The van der Waals surface area contributed by atoms with E-state index in [0.717, 1.165) is 6.92 Å². The SMILES string of the molecule is C[C@H](O)[C@H](O)[C@@H](O)[C@@H](O)C(=O)C1O[C@H](CO)[C@@H](O)[C@H](O)[C@H]1O. The van der Waals surface area contributed by atoms with E-state index in [1.165, 1.54) is 0 Å². The van der Waals surface area contributed by atoms with E-state index < -0.39 is 67.3 Å². The molecule has 1 aliphatic heterocycles. The molecule has 0 spiro atoms. The van der Waals surface area contributed by atoms with Gasteiger partial charge in [0.1, 0.15) is 48.8 Å². The third-order valence-corrected chi connectivity index (χ3v) is 3.63. The van der Waals surface area contributed by atoms with Crippen molar-refractivity contribution in [3.8, 4) is 0 Å². The van der Waals surface area contributed by atoms with Gasteiger partial charge in [-0.25, -0.2) is 0 Å². The van der Waals surface area contributed by atoms with Crippen molar-refractivity contribution in [3.05, 3.63) is 0 Å². The fourth-order valence-corrected chi connectivity index (χ4v) is 2.15. The molecule has 22 heavy (non-hydrogen) atoms. The summed E-state index contributed by atoms with van der Waals surface area (Å²) in [5.74, 6) is -1.27. The highest BCUT2D eigenvalue weighted by molar-refractivity contribution is 5.88. The molecule has 130 valence electrons. The number of ketones is 1. The van der Waals surface area contributed by atoms with Crippen LogP contribution in [0.1, 0.15) is 6.92 Å². The Kier molecular flexibility index (Phi) is 6.80. The monoisotopic (exact) mass is 326 g/mol. The van der Waals surface area contributed by atoms with Gasteiger partial charge in [0.25, 0.3) is 0 Å². The molecule has 1 saturated heterocycles. The van der Waals surface area contributed by atoms with E-state index in [1.807, 2.05) is 0 Å². The van der Waals surface area contributed by atoms with Crippen molar-refractivity contribution in [1.82, 2.24) is 0 Å². The zero-order valence-electron chi connectivity index (χ0n) is 11.8. The highest BCUT2D eigenvalue weighted by atomic mass is 16.5. The summed E-state index contributed by atoms with van der Waals surface area (Å²) in [6, 6.07) is 0. The molecule has 0 bridgehead atoms. The highest BCUT2D eigenvalue weighted by Gasteiger charge is 2.49. The van der Waals surface area contributed by atoms with Crippen LogP contribution >= 0.6 is 0 Å². The Labute approximate surface area is 125 Å². The van der Waals surface area contributed by atoms with Crippen LogP contribution in [-0.4, -0.2) is 108 Å². The average molecular weight is 326 g/mol. The minimum absolute atomic E-state index is 0.760. The van der Waals surface area contributed by atoms with Crippen LogP contribution in [-0.2, 0) is 9.53 Å². The van der Waals surface area contributed by atoms with Crippen LogP contribution in [0, 0.1) is 0 Å². The van der Waals surface area contributed by atoms with Crippen molar-refractivity contribution >= 4 is 5.78 Å². The maximum Gasteiger partial charge on any atom is 0.195 e. The van der Waals surface area contributed by atoms with Crippen LogP contribution in [0.15, 0.2) is 0 Å². The van der Waals surface area contributed by atoms with Gasteiger partial charge in [-0.05, 0) is 6.92 Å². The molecule has 10 heteroatoms. The second-order valence-electron chi connectivity index (χ2n) is 5.32. The molecule has 1 fully saturated rings. The van der Waals surface area contributed by atoms with Crippen LogP contribution in [0.4, 0.5) is 0 Å². The molecule has 8 N–H and O–H groups in total. The van der Waals surface area contributed by atoms with Crippen molar-refractivity contribution in [3.63, 3.8) is 0 Å². The number of hydrogen-bond donors (Lipinski definition) is 8. The third kappa shape index (κ3) is 3.79. The quantitative estimate of drug-likeness (QED) is 0.234. The smallest absolute Gasteiger partial charge is 0.195 e. The van der Waals surface area contributed by atoms with Gasteiger partial charge < -0.3 is 45.6 Å². The number of rotatable bonds is 6. The molecular formula is C12H22O10. The first-order valence-corrected chi connectivity index (χ1v) is 6.70. The van der Waals surface area contributed by atoms with Gasteiger partial charge in [-0.15, -0.1) is 0 Å². The van der Waals surface area contributed by atoms with E-state index >= 15 is 0 Å². The van der Waals surface area contributed by atoms with Gasteiger partial charge in [-0.3, -0.25) is 4.79 Å². The van der Waals surface area contributed by atoms with Crippen LogP contribution < -0.4 is 0 Å². The number of aliphatic hydroxyl groups excluding tert-OH is 8. The standard InChI is InChI=1S/C12H22O10/c1-3(14)5(15)7(17)9(19)11(21)12-10(20)8(18)6(16)4(2-13)22-12/h3-10,12-20H,2H2,1H3/t3-,4+,5-,6+,7+,8-,9+,10+,12?/m0/s1. The molecular weight excluding hydrogens is 304 g/mol. The van der Waals surface area contributed by atoms with Gasteiger partial charge in [0.2, 0.25) is 0 Å². The number of ether oxygens (including phenoxy) is 1. The first kappa shape index (κ1) is 19.4. The lowest BCUT2D eigenvalue weighted by atomic mass is 9.89. The van der Waals surface area contributed by atoms with E-state index in [0.29, 0.717) is 0 Å². The molecule has 0 aromatic carbocycles. The Balaban J connectivity index is 2.86. The molecule has 1 unspecified atom stereocenters. The first-order valence-electron chi connectivity index (χ1n) is 6.70. The van der Waals surface area contributed by atoms with Gasteiger partial charge in [-0.1, -0.05) is 0 Å². The lowest BCUT2D eigenvalue weighted by molar-refractivity contribution is -0.231. The third-order valence-electron chi connectivity index (χ3n) is 3.63. The minimum atomic E-state index is -2.22. The van der Waals surface area contributed by atoms with E-state index in [9.17, 15) is 35.4 Å². The fourth-order valence-electron chi connectivity index (χ4n) is 2.15. The number of aliphatic hydroxyl groups is 8. The number of carbonyl (C=O) groups excluding carboxylic acids is 1.